The minimum Gasteiger partial charge on any atom is -0.468 e. The van der Waals surface area contributed by atoms with Crippen molar-refractivity contribution < 1.29 is 14.6 Å². The van der Waals surface area contributed by atoms with E-state index in [1.54, 1.807) is 0 Å². The molecule has 13 heavy (non-hydrogen) atoms. The van der Waals surface area contributed by atoms with Crippen molar-refractivity contribution in [2.75, 3.05) is 20.3 Å². The summed E-state index contributed by atoms with van der Waals surface area (Å²) in [5.41, 5.74) is 0. The van der Waals surface area contributed by atoms with Crippen LogP contribution in [-0.2, 0) is 9.53 Å². The Morgan fingerprint density at radius 1 is 1.54 bits per heavy atom. The van der Waals surface area contributed by atoms with Gasteiger partial charge >= 0.3 is 5.97 Å². The summed E-state index contributed by atoms with van der Waals surface area (Å²) in [6.07, 6.45) is 3.29. The lowest BCUT2D eigenvalue weighted by Crippen LogP contribution is -2.41. The topological polar surface area (TPSA) is 58.6 Å². The van der Waals surface area contributed by atoms with Gasteiger partial charge in [-0.1, -0.05) is 19.8 Å². The lowest BCUT2D eigenvalue weighted by molar-refractivity contribution is -0.144. The van der Waals surface area contributed by atoms with Crippen LogP contribution in [0.5, 0.6) is 0 Å². The van der Waals surface area contributed by atoms with Crippen LogP contribution >= 0.6 is 0 Å². The summed E-state index contributed by atoms with van der Waals surface area (Å²) in [7, 11) is 1.32. The second-order valence-electron chi connectivity index (χ2n) is 2.92. The summed E-state index contributed by atoms with van der Waals surface area (Å²) in [6.45, 7) is 2.65. The van der Waals surface area contributed by atoms with Crippen molar-refractivity contribution in [3.63, 3.8) is 0 Å². The zero-order chi connectivity index (χ0) is 10.1. The zero-order valence-electron chi connectivity index (χ0n) is 8.38. The normalized spacial score (nSPS) is 12.5. The molecule has 0 aromatic rings. The van der Waals surface area contributed by atoms with Crippen molar-refractivity contribution in [2.45, 2.75) is 32.2 Å². The standard InChI is InChI=1S/C9H19NO3/c1-3-4-5-6-10-8(7-11)9(12)13-2/h8,10-11H,3-7H2,1-2H3. The number of carbonyl (C=O) groups is 1. The Morgan fingerprint density at radius 2 is 2.23 bits per heavy atom. The molecule has 1 unspecified atom stereocenters. The van der Waals surface area contributed by atoms with E-state index in [-0.39, 0.29) is 6.61 Å². The van der Waals surface area contributed by atoms with Gasteiger partial charge in [-0.05, 0) is 13.0 Å². The largest absolute Gasteiger partial charge is 0.468 e. The molecular formula is C9H19NO3. The molecule has 2 N–H and O–H groups in total. The Morgan fingerprint density at radius 3 is 2.69 bits per heavy atom. The minimum absolute atomic E-state index is 0.210. The quantitative estimate of drug-likeness (QED) is 0.447. The molecule has 0 bridgehead atoms. The molecule has 4 heteroatoms. The first-order chi connectivity index (χ1) is 6.26. The Labute approximate surface area is 79.3 Å². The van der Waals surface area contributed by atoms with Crippen molar-refractivity contribution in [3.05, 3.63) is 0 Å². The van der Waals surface area contributed by atoms with Gasteiger partial charge in [-0.3, -0.25) is 4.79 Å². The van der Waals surface area contributed by atoms with Crippen LogP contribution in [0, 0.1) is 0 Å². The molecule has 0 amide bonds. The maximum atomic E-state index is 11.0. The molecule has 0 aromatic carbocycles. The first-order valence-electron chi connectivity index (χ1n) is 4.68. The van der Waals surface area contributed by atoms with Gasteiger partial charge in [-0.25, -0.2) is 0 Å². The molecule has 0 spiro atoms. The number of methoxy groups -OCH3 is 1. The van der Waals surface area contributed by atoms with Crippen molar-refractivity contribution in [1.29, 1.82) is 0 Å². The lowest BCUT2D eigenvalue weighted by atomic mass is 10.2. The molecule has 0 heterocycles. The molecule has 1 atom stereocenters. The Hall–Kier alpha value is -0.610. The van der Waals surface area contributed by atoms with Gasteiger partial charge in [0.1, 0.15) is 6.04 Å². The third kappa shape index (κ3) is 5.60. The number of hydrogen-bond donors (Lipinski definition) is 2. The Balaban J connectivity index is 3.53. The van der Waals surface area contributed by atoms with Gasteiger partial charge in [0.2, 0.25) is 0 Å². The summed E-state index contributed by atoms with van der Waals surface area (Å²) in [5.74, 6) is -0.404. The average molecular weight is 189 g/mol. The van der Waals surface area contributed by atoms with Gasteiger partial charge in [-0.2, -0.15) is 0 Å². The van der Waals surface area contributed by atoms with Crippen molar-refractivity contribution in [1.82, 2.24) is 5.32 Å². The maximum Gasteiger partial charge on any atom is 0.325 e. The predicted molar refractivity (Wildman–Crippen MR) is 50.4 cm³/mol. The summed E-state index contributed by atoms with van der Waals surface area (Å²) < 4.78 is 4.50. The number of esters is 1. The van der Waals surface area contributed by atoms with Gasteiger partial charge in [-0.15, -0.1) is 0 Å². The third-order valence-corrected chi connectivity index (χ3v) is 1.84. The SMILES string of the molecule is CCCCCNC(CO)C(=O)OC. The molecule has 0 fully saturated rings. The van der Waals surface area contributed by atoms with Crippen molar-refractivity contribution in [2.24, 2.45) is 0 Å². The summed E-state index contributed by atoms with van der Waals surface area (Å²) in [5, 5.41) is 11.8. The first kappa shape index (κ1) is 12.4. The minimum atomic E-state index is -0.568. The number of nitrogens with one attached hydrogen (secondary N) is 1. The molecule has 0 aromatic heterocycles. The van der Waals surface area contributed by atoms with E-state index < -0.39 is 12.0 Å². The van der Waals surface area contributed by atoms with Gasteiger partial charge < -0.3 is 15.2 Å². The molecule has 0 saturated carbocycles. The highest BCUT2D eigenvalue weighted by Crippen LogP contribution is 1.93. The first-order valence-corrected chi connectivity index (χ1v) is 4.68. The zero-order valence-corrected chi connectivity index (χ0v) is 8.38. The monoisotopic (exact) mass is 189 g/mol. The van der Waals surface area contributed by atoms with E-state index in [0.29, 0.717) is 0 Å². The highest BCUT2D eigenvalue weighted by Gasteiger charge is 2.16. The number of unbranched alkanes of at least 4 members (excludes halogenated alkanes) is 2. The second-order valence-corrected chi connectivity index (χ2v) is 2.92. The third-order valence-electron chi connectivity index (χ3n) is 1.84. The van der Waals surface area contributed by atoms with Gasteiger partial charge in [0.05, 0.1) is 13.7 Å². The molecule has 4 nitrogen and oxygen atoms in total. The summed E-state index contributed by atoms with van der Waals surface area (Å²) in [4.78, 5) is 11.0. The maximum absolute atomic E-state index is 11.0. The van der Waals surface area contributed by atoms with E-state index in [1.807, 2.05) is 0 Å². The number of ether oxygens (including phenoxy) is 1. The smallest absolute Gasteiger partial charge is 0.325 e. The Bertz CT molecular complexity index is 139. The van der Waals surface area contributed by atoms with E-state index in [9.17, 15) is 4.79 Å². The fraction of sp³-hybridized carbons (Fsp3) is 0.889. The predicted octanol–water partition coefficient (Wildman–Crippen LogP) is 0.300. The fourth-order valence-electron chi connectivity index (χ4n) is 1.02. The second kappa shape index (κ2) is 8.01. The Kier molecular flexibility index (Phi) is 7.63. The van der Waals surface area contributed by atoms with E-state index in [2.05, 4.69) is 17.0 Å². The van der Waals surface area contributed by atoms with Crippen LogP contribution in [0.1, 0.15) is 26.2 Å². The summed E-state index contributed by atoms with van der Waals surface area (Å²) in [6, 6.07) is -0.568. The van der Waals surface area contributed by atoms with Crippen LogP contribution in [0.2, 0.25) is 0 Å². The van der Waals surface area contributed by atoms with Crippen molar-refractivity contribution in [3.8, 4) is 0 Å². The molecule has 0 rings (SSSR count). The van der Waals surface area contributed by atoms with Gasteiger partial charge in [0, 0.05) is 0 Å². The van der Waals surface area contributed by atoms with Crippen LogP contribution < -0.4 is 5.32 Å². The summed E-state index contributed by atoms with van der Waals surface area (Å²) >= 11 is 0. The van der Waals surface area contributed by atoms with Crippen LogP contribution in [0.25, 0.3) is 0 Å². The van der Waals surface area contributed by atoms with Crippen LogP contribution in [0.4, 0.5) is 0 Å². The van der Waals surface area contributed by atoms with Gasteiger partial charge in [0.25, 0.3) is 0 Å². The number of aliphatic hydroxyl groups excluding tert-OH is 1. The molecule has 0 aliphatic rings. The lowest BCUT2D eigenvalue weighted by Gasteiger charge is -2.13. The number of hydrogen-bond acceptors (Lipinski definition) is 4. The van der Waals surface area contributed by atoms with E-state index in [1.165, 1.54) is 7.11 Å². The highest BCUT2D eigenvalue weighted by molar-refractivity contribution is 5.75. The molecule has 0 saturated heterocycles. The van der Waals surface area contributed by atoms with E-state index in [4.69, 9.17) is 5.11 Å². The van der Waals surface area contributed by atoms with Crippen LogP contribution in [-0.4, -0.2) is 37.4 Å². The van der Waals surface area contributed by atoms with E-state index >= 15 is 0 Å². The molecule has 0 radical (unpaired) electrons. The van der Waals surface area contributed by atoms with Crippen molar-refractivity contribution >= 4 is 5.97 Å². The average Bonchev–Trinajstić information content (AvgIpc) is 2.17. The van der Waals surface area contributed by atoms with Gasteiger partial charge in [0.15, 0.2) is 0 Å². The molecular weight excluding hydrogens is 170 g/mol. The van der Waals surface area contributed by atoms with E-state index in [0.717, 1.165) is 25.8 Å². The number of carbonyl (C=O) groups excluding carboxylic acids is 1. The fourth-order valence-corrected chi connectivity index (χ4v) is 1.02. The molecule has 0 aliphatic heterocycles. The van der Waals surface area contributed by atoms with Crippen LogP contribution in [0.15, 0.2) is 0 Å². The highest BCUT2D eigenvalue weighted by atomic mass is 16.5. The molecule has 0 aliphatic carbocycles. The van der Waals surface area contributed by atoms with Crippen LogP contribution in [0.3, 0.4) is 0 Å². The number of rotatable bonds is 7. The number of aliphatic hydroxyl groups is 1. The molecule has 78 valence electrons.